The maximum Gasteiger partial charge on any atom is 0.242 e. The Morgan fingerprint density at radius 3 is 2.33 bits per heavy atom. The summed E-state index contributed by atoms with van der Waals surface area (Å²) in [5.41, 5.74) is 3.30. The van der Waals surface area contributed by atoms with Crippen molar-refractivity contribution in [3.8, 4) is 0 Å². The van der Waals surface area contributed by atoms with E-state index in [2.05, 4.69) is 53.8 Å². The molecule has 2 aromatic rings. The van der Waals surface area contributed by atoms with Crippen LogP contribution in [-0.2, 0) is 18.3 Å². The molecule has 5 nitrogen and oxygen atoms in total. The van der Waals surface area contributed by atoms with E-state index in [4.69, 9.17) is 0 Å². The smallest absolute Gasteiger partial charge is 0.242 e. The summed E-state index contributed by atoms with van der Waals surface area (Å²) in [4.78, 5) is 12.6. The molecule has 0 aliphatic carbocycles. The minimum absolute atomic E-state index is 0.0434. The number of hydrogen-bond donors (Lipinski definition) is 2. The van der Waals surface area contributed by atoms with Crippen molar-refractivity contribution in [3.63, 3.8) is 0 Å². The van der Waals surface area contributed by atoms with Crippen LogP contribution in [0.5, 0.6) is 0 Å². The van der Waals surface area contributed by atoms with Gasteiger partial charge in [0, 0.05) is 18.8 Å². The van der Waals surface area contributed by atoms with Crippen molar-refractivity contribution in [2.75, 3.05) is 7.05 Å². The van der Waals surface area contributed by atoms with Crippen molar-refractivity contribution >= 4 is 5.91 Å². The molecule has 0 bridgehead atoms. The van der Waals surface area contributed by atoms with Gasteiger partial charge in [-0.25, -0.2) is 0 Å². The molecule has 0 aliphatic rings. The van der Waals surface area contributed by atoms with Gasteiger partial charge in [-0.15, -0.1) is 0 Å². The number of aromatic nitrogens is 2. The van der Waals surface area contributed by atoms with Crippen LogP contribution in [0, 0.1) is 5.92 Å². The van der Waals surface area contributed by atoms with E-state index in [1.54, 1.807) is 17.9 Å². The number of hydrogen-bond acceptors (Lipinski definition) is 3. The lowest BCUT2D eigenvalue weighted by atomic mass is 9.99. The molecule has 0 saturated heterocycles. The molecule has 0 spiro atoms. The number of aryl methyl sites for hydroxylation is 1. The van der Waals surface area contributed by atoms with Crippen molar-refractivity contribution in [1.82, 2.24) is 20.4 Å². The molecule has 5 heteroatoms. The predicted octanol–water partition coefficient (Wildman–Crippen LogP) is 2.76. The lowest BCUT2D eigenvalue weighted by molar-refractivity contribution is -0.123. The van der Waals surface area contributed by atoms with Crippen LogP contribution in [0.25, 0.3) is 0 Å². The molecule has 1 heterocycles. The van der Waals surface area contributed by atoms with Gasteiger partial charge in [0.05, 0.1) is 12.2 Å². The molecule has 0 radical (unpaired) electrons. The summed E-state index contributed by atoms with van der Waals surface area (Å²) >= 11 is 0. The van der Waals surface area contributed by atoms with Gasteiger partial charge in [-0.05, 0) is 37.4 Å². The number of carbonyl (C=O) groups is 1. The Labute approximate surface area is 144 Å². The normalized spacial score (nSPS) is 13.8. The number of benzene rings is 1. The Morgan fingerprint density at radius 1 is 1.17 bits per heavy atom. The Kier molecular flexibility index (Phi) is 6.15. The largest absolute Gasteiger partial charge is 0.348 e. The van der Waals surface area contributed by atoms with E-state index < -0.39 is 6.04 Å². The summed E-state index contributed by atoms with van der Waals surface area (Å²) in [6.45, 7) is 6.44. The summed E-state index contributed by atoms with van der Waals surface area (Å²) in [5, 5.41) is 10.3. The van der Waals surface area contributed by atoms with Crippen molar-refractivity contribution in [2.24, 2.45) is 13.0 Å². The van der Waals surface area contributed by atoms with Gasteiger partial charge in [-0.1, -0.05) is 38.1 Å². The van der Waals surface area contributed by atoms with Gasteiger partial charge in [0.2, 0.25) is 5.91 Å². The summed E-state index contributed by atoms with van der Waals surface area (Å²) in [6.07, 6.45) is 4.64. The minimum Gasteiger partial charge on any atom is -0.348 e. The van der Waals surface area contributed by atoms with Gasteiger partial charge >= 0.3 is 0 Å². The van der Waals surface area contributed by atoms with Crippen molar-refractivity contribution < 1.29 is 4.79 Å². The maximum atomic E-state index is 12.6. The van der Waals surface area contributed by atoms with Crippen LogP contribution in [0.15, 0.2) is 36.7 Å². The maximum absolute atomic E-state index is 12.6. The zero-order chi connectivity index (χ0) is 17.7. The first-order valence-electron chi connectivity index (χ1n) is 8.45. The van der Waals surface area contributed by atoms with Gasteiger partial charge in [-0.2, -0.15) is 5.10 Å². The third-order valence-electron chi connectivity index (χ3n) is 4.09. The molecule has 1 aromatic heterocycles. The number of nitrogens with one attached hydrogen (secondary N) is 2. The van der Waals surface area contributed by atoms with E-state index in [1.165, 1.54) is 5.56 Å². The first kappa shape index (κ1) is 18.2. The molecule has 24 heavy (non-hydrogen) atoms. The SMILES string of the molecule is CNC(C(=O)NC(C)c1ccc(CC(C)C)cc1)c1cnn(C)c1. The fourth-order valence-electron chi connectivity index (χ4n) is 2.83. The quantitative estimate of drug-likeness (QED) is 0.822. The van der Waals surface area contributed by atoms with Crippen LogP contribution in [0.4, 0.5) is 0 Å². The van der Waals surface area contributed by atoms with Crippen LogP contribution >= 0.6 is 0 Å². The van der Waals surface area contributed by atoms with Crippen LogP contribution in [-0.4, -0.2) is 22.7 Å². The highest BCUT2D eigenvalue weighted by atomic mass is 16.2. The number of likely N-dealkylation sites (N-methyl/N-ethyl adjacent to an activating group) is 1. The molecular formula is C19H28N4O. The van der Waals surface area contributed by atoms with E-state index in [0.717, 1.165) is 17.5 Å². The van der Waals surface area contributed by atoms with Crippen LogP contribution in [0.3, 0.4) is 0 Å². The second kappa shape index (κ2) is 8.11. The van der Waals surface area contributed by atoms with Gasteiger partial charge < -0.3 is 10.6 Å². The molecule has 2 rings (SSSR count). The Hall–Kier alpha value is -2.14. The molecule has 0 saturated carbocycles. The lowest BCUT2D eigenvalue weighted by Crippen LogP contribution is -2.37. The standard InChI is InChI=1S/C19H28N4O/c1-13(2)10-15-6-8-16(9-7-15)14(3)22-19(24)18(20-4)17-11-21-23(5)12-17/h6-9,11-14,18,20H,10H2,1-5H3,(H,22,24). The van der Waals surface area contributed by atoms with Crippen molar-refractivity contribution in [3.05, 3.63) is 53.3 Å². The highest BCUT2D eigenvalue weighted by Gasteiger charge is 2.21. The molecule has 1 aromatic carbocycles. The van der Waals surface area contributed by atoms with Crippen molar-refractivity contribution in [2.45, 2.75) is 39.3 Å². The van der Waals surface area contributed by atoms with Gasteiger partial charge in [-0.3, -0.25) is 9.48 Å². The third-order valence-corrected chi connectivity index (χ3v) is 4.09. The van der Waals surface area contributed by atoms with Crippen LogP contribution in [0.2, 0.25) is 0 Å². The number of amides is 1. The zero-order valence-corrected chi connectivity index (χ0v) is 15.2. The average Bonchev–Trinajstić information content (AvgIpc) is 2.94. The summed E-state index contributed by atoms with van der Waals surface area (Å²) in [7, 11) is 3.62. The Balaban J connectivity index is 2.02. The van der Waals surface area contributed by atoms with Gasteiger partial charge in [0.15, 0.2) is 0 Å². The summed E-state index contributed by atoms with van der Waals surface area (Å²) in [5.74, 6) is 0.591. The van der Waals surface area contributed by atoms with Crippen LogP contribution < -0.4 is 10.6 Å². The summed E-state index contributed by atoms with van der Waals surface area (Å²) in [6, 6.07) is 8.05. The van der Waals surface area contributed by atoms with E-state index in [-0.39, 0.29) is 11.9 Å². The van der Waals surface area contributed by atoms with Crippen molar-refractivity contribution in [1.29, 1.82) is 0 Å². The highest BCUT2D eigenvalue weighted by molar-refractivity contribution is 5.83. The fraction of sp³-hybridized carbons (Fsp3) is 0.474. The lowest BCUT2D eigenvalue weighted by Gasteiger charge is -2.20. The van der Waals surface area contributed by atoms with E-state index in [9.17, 15) is 4.79 Å². The van der Waals surface area contributed by atoms with E-state index in [1.807, 2.05) is 20.2 Å². The van der Waals surface area contributed by atoms with Gasteiger partial charge in [0.1, 0.15) is 6.04 Å². The summed E-state index contributed by atoms with van der Waals surface area (Å²) < 4.78 is 1.70. The fourth-order valence-corrected chi connectivity index (χ4v) is 2.83. The van der Waals surface area contributed by atoms with Crippen LogP contribution in [0.1, 0.15) is 49.5 Å². The Morgan fingerprint density at radius 2 is 1.83 bits per heavy atom. The molecule has 1 amide bonds. The second-order valence-electron chi connectivity index (χ2n) is 6.74. The molecule has 2 N–H and O–H groups in total. The molecular weight excluding hydrogens is 300 g/mol. The van der Waals surface area contributed by atoms with E-state index >= 15 is 0 Å². The molecule has 2 unspecified atom stereocenters. The Bertz CT molecular complexity index is 660. The predicted molar refractivity (Wildman–Crippen MR) is 96.6 cm³/mol. The molecule has 0 fully saturated rings. The number of nitrogens with zero attached hydrogens (tertiary/aromatic N) is 2. The number of rotatable bonds is 7. The van der Waals surface area contributed by atoms with E-state index in [0.29, 0.717) is 5.92 Å². The topological polar surface area (TPSA) is 59.0 Å². The zero-order valence-electron chi connectivity index (χ0n) is 15.2. The first-order chi connectivity index (χ1) is 11.4. The third kappa shape index (κ3) is 4.68. The minimum atomic E-state index is -0.402. The monoisotopic (exact) mass is 328 g/mol. The second-order valence-corrected chi connectivity index (χ2v) is 6.74. The molecule has 0 aliphatic heterocycles. The average molecular weight is 328 g/mol. The number of carbonyl (C=O) groups excluding carboxylic acids is 1. The first-order valence-corrected chi connectivity index (χ1v) is 8.45. The van der Waals surface area contributed by atoms with Gasteiger partial charge in [0.25, 0.3) is 0 Å². The molecule has 2 atom stereocenters. The molecule has 130 valence electrons. The highest BCUT2D eigenvalue weighted by Crippen LogP contribution is 2.18.